The van der Waals surface area contributed by atoms with Crippen molar-refractivity contribution in [3.05, 3.63) is 24.6 Å². The molecule has 3 unspecified atom stereocenters. The fourth-order valence-corrected chi connectivity index (χ4v) is 3.56. The fraction of sp³-hybridized carbons (Fsp3) is 0.760. The Morgan fingerprint density at radius 3 is 1.88 bits per heavy atom. The molecule has 0 aromatic heterocycles. The number of amides is 2. The van der Waals surface area contributed by atoms with Crippen LogP contribution in [-0.4, -0.2) is 63.2 Å². The van der Waals surface area contributed by atoms with Gasteiger partial charge in [0.25, 0.3) is 0 Å². The summed E-state index contributed by atoms with van der Waals surface area (Å²) in [6, 6.07) is -1.07. The standard InChI is InChI=1S/C25H50N6O2/c1-8-21(20(6)28-10-3)30-25(33)23(16-12-14-18-29-19(4)5)31-24(32)22(26-7)15-11-13-17-27-9-2/h21-23,26-29H,4,6,8-18H2,1-3,5,7H3,(H,30,33)(H,31,32). The molecule has 0 aliphatic heterocycles. The Bertz CT molecular complexity index is 581. The van der Waals surface area contributed by atoms with Gasteiger partial charge in [-0.05, 0) is 72.5 Å². The van der Waals surface area contributed by atoms with Crippen molar-refractivity contribution in [2.75, 3.05) is 33.2 Å². The summed E-state index contributed by atoms with van der Waals surface area (Å²) < 4.78 is 0. The van der Waals surface area contributed by atoms with Gasteiger partial charge >= 0.3 is 0 Å². The van der Waals surface area contributed by atoms with Crippen LogP contribution in [0.2, 0.25) is 0 Å². The van der Waals surface area contributed by atoms with Crippen molar-refractivity contribution in [3.8, 4) is 0 Å². The van der Waals surface area contributed by atoms with Crippen LogP contribution in [0, 0.1) is 0 Å². The molecule has 8 heteroatoms. The maximum Gasteiger partial charge on any atom is 0.243 e. The predicted octanol–water partition coefficient (Wildman–Crippen LogP) is 2.15. The molecule has 3 atom stereocenters. The van der Waals surface area contributed by atoms with Crippen LogP contribution in [0.5, 0.6) is 0 Å². The van der Waals surface area contributed by atoms with Crippen LogP contribution < -0.4 is 31.9 Å². The second kappa shape index (κ2) is 19.4. The molecule has 0 saturated heterocycles. The van der Waals surface area contributed by atoms with Gasteiger partial charge in [0, 0.05) is 24.5 Å². The summed E-state index contributed by atoms with van der Waals surface area (Å²) in [4.78, 5) is 26.1. The number of carbonyl (C=O) groups excluding carboxylic acids is 2. The Morgan fingerprint density at radius 1 is 0.758 bits per heavy atom. The number of carbonyl (C=O) groups is 2. The number of hydrogen-bond donors (Lipinski definition) is 6. The number of likely N-dealkylation sites (N-methyl/N-ethyl adjacent to an activating group) is 2. The first-order chi connectivity index (χ1) is 15.8. The molecular weight excluding hydrogens is 416 g/mol. The van der Waals surface area contributed by atoms with Gasteiger partial charge in [-0.15, -0.1) is 0 Å². The Morgan fingerprint density at radius 2 is 1.33 bits per heavy atom. The molecule has 0 radical (unpaired) electrons. The van der Waals surface area contributed by atoms with Crippen LogP contribution in [-0.2, 0) is 9.59 Å². The third-order valence-electron chi connectivity index (χ3n) is 5.54. The summed E-state index contributed by atoms with van der Waals surface area (Å²) in [5, 5.41) is 18.9. The summed E-state index contributed by atoms with van der Waals surface area (Å²) in [5.74, 6) is -0.288. The van der Waals surface area contributed by atoms with Gasteiger partial charge in [0.05, 0.1) is 12.1 Å². The minimum atomic E-state index is -0.580. The van der Waals surface area contributed by atoms with Crippen molar-refractivity contribution in [2.45, 2.75) is 90.8 Å². The highest BCUT2D eigenvalue weighted by Gasteiger charge is 2.26. The molecule has 192 valence electrons. The van der Waals surface area contributed by atoms with E-state index in [1.807, 2.05) is 20.8 Å². The Balaban J connectivity index is 5.03. The summed E-state index contributed by atoms with van der Waals surface area (Å²) >= 11 is 0. The van der Waals surface area contributed by atoms with Gasteiger partial charge in [-0.3, -0.25) is 9.59 Å². The highest BCUT2D eigenvalue weighted by Crippen LogP contribution is 2.08. The lowest BCUT2D eigenvalue weighted by Gasteiger charge is -2.26. The van der Waals surface area contributed by atoms with E-state index < -0.39 is 6.04 Å². The van der Waals surface area contributed by atoms with Crippen LogP contribution in [0.1, 0.15) is 72.6 Å². The summed E-state index contributed by atoms with van der Waals surface area (Å²) in [7, 11) is 1.79. The van der Waals surface area contributed by atoms with Crippen molar-refractivity contribution in [1.82, 2.24) is 31.9 Å². The number of rotatable bonds is 21. The van der Waals surface area contributed by atoms with Gasteiger partial charge in [0.2, 0.25) is 11.8 Å². The van der Waals surface area contributed by atoms with Crippen molar-refractivity contribution >= 4 is 11.8 Å². The first-order valence-electron chi connectivity index (χ1n) is 12.6. The SMILES string of the molecule is C=C(C)NCCCCC(NC(=O)C(CCCCNCC)NC)C(=O)NC(CC)C(=C)NCC. The largest absolute Gasteiger partial charge is 0.389 e. The van der Waals surface area contributed by atoms with Crippen molar-refractivity contribution in [3.63, 3.8) is 0 Å². The first-order valence-corrected chi connectivity index (χ1v) is 12.6. The average molecular weight is 467 g/mol. The van der Waals surface area contributed by atoms with Gasteiger partial charge in [-0.2, -0.15) is 0 Å². The molecule has 6 N–H and O–H groups in total. The molecule has 0 aromatic carbocycles. The van der Waals surface area contributed by atoms with Gasteiger partial charge in [0.1, 0.15) is 6.04 Å². The van der Waals surface area contributed by atoms with Gasteiger partial charge in [0.15, 0.2) is 0 Å². The van der Waals surface area contributed by atoms with Crippen LogP contribution in [0.15, 0.2) is 24.6 Å². The molecule has 33 heavy (non-hydrogen) atoms. The molecule has 0 bridgehead atoms. The molecule has 0 fully saturated rings. The molecular formula is C25H50N6O2. The molecule has 0 aromatic rings. The molecule has 0 spiro atoms. The topological polar surface area (TPSA) is 106 Å². The maximum atomic E-state index is 13.1. The average Bonchev–Trinajstić information content (AvgIpc) is 2.78. The van der Waals surface area contributed by atoms with E-state index in [1.54, 1.807) is 7.05 Å². The lowest BCUT2D eigenvalue weighted by molar-refractivity contribution is -0.130. The first kappa shape index (κ1) is 30.9. The normalized spacial score (nSPS) is 13.5. The zero-order valence-electron chi connectivity index (χ0n) is 21.7. The number of allylic oxidation sites excluding steroid dienone is 1. The minimum absolute atomic E-state index is 0.125. The molecule has 8 nitrogen and oxygen atoms in total. The van der Waals surface area contributed by atoms with E-state index in [2.05, 4.69) is 52.0 Å². The van der Waals surface area contributed by atoms with E-state index in [0.29, 0.717) is 6.42 Å². The lowest BCUT2D eigenvalue weighted by atomic mass is 10.0. The van der Waals surface area contributed by atoms with E-state index in [0.717, 1.165) is 76.1 Å². The third kappa shape index (κ3) is 14.7. The van der Waals surface area contributed by atoms with Gasteiger partial charge in [-0.25, -0.2) is 0 Å². The number of nitrogens with one attached hydrogen (secondary N) is 6. The van der Waals surface area contributed by atoms with E-state index >= 15 is 0 Å². The van der Waals surface area contributed by atoms with Crippen LogP contribution >= 0.6 is 0 Å². The highest BCUT2D eigenvalue weighted by molar-refractivity contribution is 5.90. The minimum Gasteiger partial charge on any atom is -0.389 e. The summed E-state index contributed by atoms with van der Waals surface area (Å²) in [5.41, 5.74) is 1.72. The second-order valence-corrected chi connectivity index (χ2v) is 8.48. The summed E-state index contributed by atoms with van der Waals surface area (Å²) in [6.07, 6.45) is 5.71. The van der Waals surface area contributed by atoms with Crippen molar-refractivity contribution in [1.29, 1.82) is 0 Å². The fourth-order valence-electron chi connectivity index (χ4n) is 3.56. The third-order valence-corrected chi connectivity index (χ3v) is 5.54. The van der Waals surface area contributed by atoms with Crippen LogP contribution in [0.4, 0.5) is 0 Å². The van der Waals surface area contributed by atoms with Crippen molar-refractivity contribution in [2.24, 2.45) is 0 Å². The molecule has 0 rings (SSSR count). The van der Waals surface area contributed by atoms with Crippen LogP contribution in [0.3, 0.4) is 0 Å². The smallest absolute Gasteiger partial charge is 0.243 e. The molecule has 0 heterocycles. The Hall–Kier alpha value is -2.06. The van der Waals surface area contributed by atoms with Gasteiger partial charge < -0.3 is 31.9 Å². The van der Waals surface area contributed by atoms with E-state index in [1.165, 1.54) is 0 Å². The Labute approximate surface area is 202 Å². The van der Waals surface area contributed by atoms with Gasteiger partial charge in [-0.1, -0.05) is 33.4 Å². The van der Waals surface area contributed by atoms with E-state index in [4.69, 9.17) is 0 Å². The quantitative estimate of drug-likeness (QED) is 0.145. The zero-order valence-corrected chi connectivity index (χ0v) is 21.7. The van der Waals surface area contributed by atoms with E-state index in [9.17, 15) is 9.59 Å². The molecule has 0 aliphatic carbocycles. The summed E-state index contributed by atoms with van der Waals surface area (Å²) in [6.45, 7) is 19.4. The molecule has 0 aliphatic rings. The van der Waals surface area contributed by atoms with E-state index in [-0.39, 0.29) is 23.9 Å². The molecule has 0 saturated carbocycles. The second-order valence-electron chi connectivity index (χ2n) is 8.48. The lowest BCUT2D eigenvalue weighted by Crippen LogP contribution is -2.54. The zero-order chi connectivity index (χ0) is 25.1. The number of hydrogen-bond acceptors (Lipinski definition) is 6. The monoisotopic (exact) mass is 466 g/mol. The van der Waals surface area contributed by atoms with Crippen molar-refractivity contribution < 1.29 is 9.59 Å². The maximum absolute atomic E-state index is 13.1. The van der Waals surface area contributed by atoms with Crippen LogP contribution in [0.25, 0.3) is 0 Å². The Kier molecular flexibility index (Phi) is 18.2. The molecule has 2 amide bonds. The number of unbranched alkanes of at least 4 members (excludes halogenated alkanes) is 2. The predicted molar refractivity (Wildman–Crippen MR) is 139 cm³/mol. The highest BCUT2D eigenvalue weighted by atomic mass is 16.2.